The molecule has 0 saturated carbocycles. The highest BCUT2D eigenvalue weighted by Crippen LogP contribution is 2.45. The van der Waals surface area contributed by atoms with Crippen LogP contribution in [0.25, 0.3) is 5.70 Å². The molecule has 4 rings (SSSR count). The van der Waals surface area contributed by atoms with Crippen LogP contribution >= 0.6 is 23.4 Å². The van der Waals surface area contributed by atoms with Gasteiger partial charge in [0.25, 0.3) is 0 Å². The molecule has 1 unspecified atom stereocenters. The Balaban J connectivity index is 1.76. The van der Waals surface area contributed by atoms with E-state index >= 15 is 0 Å². The Labute approximate surface area is 231 Å². The molecule has 1 amide bonds. The summed E-state index contributed by atoms with van der Waals surface area (Å²) < 4.78 is 5.44. The molecule has 0 fully saturated rings. The lowest BCUT2D eigenvalue weighted by Crippen LogP contribution is -2.30. The fourth-order valence-electron chi connectivity index (χ4n) is 4.15. The van der Waals surface area contributed by atoms with Crippen LogP contribution in [0.1, 0.15) is 29.5 Å². The second-order valence-corrected chi connectivity index (χ2v) is 9.90. The minimum Gasteiger partial charge on any atom is -0.463 e. The molecule has 0 radical (unpaired) electrons. The molecule has 8 heteroatoms. The fraction of sp³-hybridized carbons (Fsp3) is 0.167. The lowest BCUT2D eigenvalue weighted by Gasteiger charge is -2.31. The van der Waals surface area contributed by atoms with Gasteiger partial charge in [0.2, 0.25) is 5.91 Å². The Morgan fingerprint density at radius 2 is 1.74 bits per heavy atom. The van der Waals surface area contributed by atoms with Gasteiger partial charge >= 0.3 is 5.97 Å². The van der Waals surface area contributed by atoms with Gasteiger partial charge in [-0.25, -0.2) is 4.79 Å². The summed E-state index contributed by atoms with van der Waals surface area (Å²) in [6.45, 7) is 3.88. The summed E-state index contributed by atoms with van der Waals surface area (Å²) in [5, 5.41) is 17.4. The third kappa shape index (κ3) is 6.10. The van der Waals surface area contributed by atoms with Crippen LogP contribution in [0.4, 0.5) is 5.69 Å². The SMILES string of the molecule is CCOC(=O)C1=C(c2ccccc2)NC(SCC(=O)Nc2ccc(C)cc2)=C(C#N)C1c1ccccc1Cl. The van der Waals surface area contributed by atoms with E-state index in [1.807, 2.05) is 67.6 Å². The molecule has 0 saturated heterocycles. The van der Waals surface area contributed by atoms with Crippen molar-refractivity contribution in [1.82, 2.24) is 5.32 Å². The first kappa shape index (κ1) is 27.1. The average molecular weight is 544 g/mol. The molecule has 3 aromatic rings. The highest BCUT2D eigenvalue weighted by Gasteiger charge is 2.38. The van der Waals surface area contributed by atoms with Gasteiger partial charge in [-0.15, -0.1) is 0 Å². The minimum atomic E-state index is -0.785. The van der Waals surface area contributed by atoms with E-state index in [1.54, 1.807) is 25.1 Å². The Bertz CT molecular complexity index is 1440. The smallest absolute Gasteiger partial charge is 0.337 e. The number of carbonyl (C=O) groups is 2. The van der Waals surface area contributed by atoms with Crippen LogP contribution in [0.5, 0.6) is 0 Å². The van der Waals surface area contributed by atoms with Gasteiger partial charge in [0.05, 0.1) is 46.2 Å². The summed E-state index contributed by atoms with van der Waals surface area (Å²) in [6.07, 6.45) is 0. The number of dihydropyridines is 1. The van der Waals surface area contributed by atoms with Gasteiger partial charge < -0.3 is 15.4 Å². The zero-order valence-electron chi connectivity index (χ0n) is 21.0. The zero-order valence-corrected chi connectivity index (χ0v) is 22.5. The molecule has 0 bridgehead atoms. The monoisotopic (exact) mass is 543 g/mol. The Morgan fingerprint density at radius 3 is 2.39 bits per heavy atom. The number of amides is 1. The first-order valence-electron chi connectivity index (χ1n) is 12.0. The molecule has 1 aliphatic rings. The number of allylic oxidation sites excluding steroid dienone is 1. The van der Waals surface area contributed by atoms with Crippen LogP contribution in [0.3, 0.4) is 0 Å². The van der Waals surface area contributed by atoms with E-state index < -0.39 is 11.9 Å². The second-order valence-electron chi connectivity index (χ2n) is 8.51. The second kappa shape index (κ2) is 12.5. The maximum Gasteiger partial charge on any atom is 0.337 e. The number of hydrogen-bond donors (Lipinski definition) is 2. The van der Waals surface area contributed by atoms with Crippen molar-refractivity contribution in [3.05, 3.63) is 117 Å². The van der Waals surface area contributed by atoms with Crippen molar-refractivity contribution in [2.75, 3.05) is 17.7 Å². The van der Waals surface area contributed by atoms with E-state index in [0.29, 0.717) is 27.0 Å². The maximum absolute atomic E-state index is 13.4. The number of anilines is 1. The molecule has 0 aromatic heterocycles. The van der Waals surface area contributed by atoms with Gasteiger partial charge in [0.15, 0.2) is 0 Å². The third-order valence-electron chi connectivity index (χ3n) is 5.91. The van der Waals surface area contributed by atoms with Gasteiger partial charge in [-0.1, -0.05) is 89.6 Å². The summed E-state index contributed by atoms with van der Waals surface area (Å²) in [6, 6.07) is 26.3. The summed E-state index contributed by atoms with van der Waals surface area (Å²) in [4.78, 5) is 26.1. The molecule has 1 heterocycles. The van der Waals surface area contributed by atoms with E-state index in [9.17, 15) is 14.9 Å². The molecule has 1 aliphatic heterocycles. The number of hydrogen-bond acceptors (Lipinski definition) is 6. The Hall–Kier alpha value is -3.99. The highest BCUT2D eigenvalue weighted by atomic mass is 35.5. The lowest BCUT2D eigenvalue weighted by atomic mass is 9.81. The molecular formula is C30H26ClN3O3S. The quantitative estimate of drug-likeness (QED) is 0.319. The van der Waals surface area contributed by atoms with Crippen molar-refractivity contribution < 1.29 is 14.3 Å². The summed E-state index contributed by atoms with van der Waals surface area (Å²) in [5.74, 6) is -1.50. The standard InChI is InChI=1S/C30H26ClN3O3S/c1-3-37-30(36)27-26(22-11-7-8-12-24(22)31)23(17-32)29(34-28(27)20-9-5-4-6-10-20)38-18-25(35)33-21-15-13-19(2)14-16-21/h4-16,26,34H,3,18H2,1-2H3,(H,33,35). The number of esters is 1. The molecular weight excluding hydrogens is 518 g/mol. The molecule has 0 spiro atoms. The average Bonchev–Trinajstić information content (AvgIpc) is 2.93. The van der Waals surface area contributed by atoms with Crippen LogP contribution in [0, 0.1) is 18.3 Å². The van der Waals surface area contributed by atoms with Crippen molar-refractivity contribution in [1.29, 1.82) is 5.26 Å². The van der Waals surface area contributed by atoms with Gasteiger partial charge in [-0.05, 0) is 43.2 Å². The number of nitriles is 1. The molecule has 3 aromatic carbocycles. The van der Waals surface area contributed by atoms with Crippen LogP contribution in [-0.4, -0.2) is 24.2 Å². The van der Waals surface area contributed by atoms with Crippen molar-refractivity contribution in [2.45, 2.75) is 19.8 Å². The van der Waals surface area contributed by atoms with E-state index in [0.717, 1.165) is 11.1 Å². The Morgan fingerprint density at radius 1 is 1.05 bits per heavy atom. The third-order valence-corrected chi connectivity index (χ3v) is 7.27. The number of rotatable bonds is 8. The van der Waals surface area contributed by atoms with E-state index in [4.69, 9.17) is 16.3 Å². The van der Waals surface area contributed by atoms with E-state index in [2.05, 4.69) is 16.7 Å². The molecule has 2 N–H and O–H groups in total. The number of nitrogens with zero attached hydrogens (tertiary/aromatic N) is 1. The fourth-order valence-corrected chi connectivity index (χ4v) is 5.24. The largest absolute Gasteiger partial charge is 0.463 e. The van der Waals surface area contributed by atoms with Gasteiger partial charge in [-0.2, -0.15) is 5.26 Å². The van der Waals surface area contributed by atoms with E-state index in [-0.39, 0.29) is 29.4 Å². The Kier molecular flexibility index (Phi) is 8.90. The molecule has 192 valence electrons. The van der Waals surface area contributed by atoms with E-state index in [1.165, 1.54) is 11.8 Å². The molecule has 1 atom stereocenters. The molecule has 0 aliphatic carbocycles. The van der Waals surface area contributed by atoms with Crippen LogP contribution in [0.2, 0.25) is 5.02 Å². The number of benzene rings is 3. The lowest BCUT2D eigenvalue weighted by molar-refractivity contribution is -0.138. The summed E-state index contributed by atoms with van der Waals surface area (Å²) >= 11 is 7.79. The molecule has 6 nitrogen and oxygen atoms in total. The molecule has 38 heavy (non-hydrogen) atoms. The highest BCUT2D eigenvalue weighted by molar-refractivity contribution is 8.03. The normalized spacial score (nSPS) is 14.9. The number of aryl methyl sites for hydroxylation is 1. The predicted molar refractivity (Wildman–Crippen MR) is 152 cm³/mol. The van der Waals surface area contributed by atoms with Crippen molar-refractivity contribution in [2.24, 2.45) is 0 Å². The first-order chi connectivity index (χ1) is 18.4. The minimum absolute atomic E-state index is 0.0490. The van der Waals surface area contributed by atoms with Crippen molar-refractivity contribution >= 4 is 46.6 Å². The predicted octanol–water partition coefficient (Wildman–Crippen LogP) is 6.42. The van der Waals surface area contributed by atoms with Gasteiger partial charge in [0.1, 0.15) is 0 Å². The topological polar surface area (TPSA) is 91.2 Å². The van der Waals surface area contributed by atoms with Crippen molar-refractivity contribution in [3.8, 4) is 6.07 Å². The summed E-state index contributed by atoms with van der Waals surface area (Å²) in [5.41, 5.74) is 4.21. The van der Waals surface area contributed by atoms with Gasteiger partial charge in [-0.3, -0.25) is 4.79 Å². The number of thioether (sulfide) groups is 1. The summed E-state index contributed by atoms with van der Waals surface area (Å²) in [7, 11) is 0. The number of nitrogens with one attached hydrogen (secondary N) is 2. The number of ether oxygens (including phenoxy) is 1. The van der Waals surface area contributed by atoms with Crippen LogP contribution in [-0.2, 0) is 14.3 Å². The number of carbonyl (C=O) groups excluding carboxylic acids is 2. The zero-order chi connectivity index (χ0) is 27.1. The van der Waals surface area contributed by atoms with Crippen LogP contribution in [0.15, 0.2) is 95.0 Å². The maximum atomic E-state index is 13.4. The van der Waals surface area contributed by atoms with Gasteiger partial charge in [0, 0.05) is 10.7 Å². The van der Waals surface area contributed by atoms with Crippen molar-refractivity contribution in [3.63, 3.8) is 0 Å². The first-order valence-corrected chi connectivity index (χ1v) is 13.4. The van der Waals surface area contributed by atoms with Crippen LogP contribution < -0.4 is 10.6 Å². The number of halogens is 1.